The van der Waals surface area contributed by atoms with Gasteiger partial charge in [-0.2, -0.15) is 0 Å². The summed E-state index contributed by atoms with van der Waals surface area (Å²) in [6, 6.07) is 0. The zero-order chi connectivity index (χ0) is 11.3. The average Bonchev–Trinajstić information content (AvgIpc) is 2.58. The van der Waals surface area contributed by atoms with Gasteiger partial charge in [-0.15, -0.1) is 0 Å². The molecule has 0 saturated heterocycles. The molecule has 1 aromatic rings. The summed E-state index contributed by atoms with van der Waals surface area (Å²) in [5.41, 5.74) is 0.548. The van der Waals surface area contributed by atoms with Gasteiger partial charge in [0.1, 0.15) is 5.69 Å². The Balaban J connectivity index is 2.28. The van der Waals surface area contributed by atoms with Crippen LogP contribution < -0.4 is 5.32 Å². The van der Waals surface area contributed by atoms with Gasteiger partial charge in [0.05, 0.1) is 18.6 Å². The number of aliphatic hydroxyl groups is 1. The van der Waals surface area contributed by atoms with Crippen LogP contribution >= 0.6 is 0 Å². The lowest BCUT2D eigenvalue weighted by Crippen LogP contribution is -2.26. The van der Waals surface area contributed by atoms with Crippen molar-refractivity contribution in [2.75, 3.05) is 6.54 Å². The second-order valence-electron chi connectivity index (χ2n) is 3.64. The highest BCUT2D eigenvalue weighted by molar-refractivity contribution is 5.92. The predicted molar refractivity (Wildman–Crippen MR) is 56.5 cm³/mol. The van der Waals surface area contributed by atoms with Crippen molar-refractivity contribution in [3.05, 3.63) is 18.2 Å². The van der Waals surface area contributed by atoms with E-state index in [2.05, 4.69) is 10.3 Å². The van der Waals surface area contributed by atoms with Crippen LogP contribution in [-0.4, -0.2) is 33.2 Å². The van der Waals surface area contributed by atoms with Gasteiger partial charge in [-0.05, 0) is 19.8 Å². The molecule has 15 heavy (non-hydrogen) atoms. The van der Waals surface area contributed by atoms with E-state index in [9.17, 15) is 4.79 Å². The van der Waals surface area contributed by atoms with E-state index in [0.717, 1.165) is 6.42 Å². The third-order valence-corrected chi connectivity index (χ3v) is 2.13. The SMILES string of the molecule is CC(O)CCCNC(=O)c1cncn1C. The lowest BCUT2D eigenvalue weighted by atomic mass is 10.2. The molecule has 2 N–H and O–H groups in total. The standard InChI is InChI=1S/C10H17N3O2/c1-8(14)4-3-5-12-10(15)9-6-11-7-13(9)2/h6-8,14H,3-5H2,1-2H3,(H,12,15). The predicted octanol–water partition coefficient (Wildman–Crippen LogP) is 0.311. The van der Waals surface area contributed by atoms with Crippen LogP contribution in [0.5, 0.6) is 0 Å². The van der Waals surface area contributed by atoms with Crippen LogP contribution in [0.2, 0.25) is 0 Å². The molecule has 84 valence electrons. The Morgan fingerprint density at radius 2 is 2.47 bits per heavy atom. The normalized spacial score (nSPS) is 12.5. The molecule has 0 fully saturated rings. The fourth-order valence-corrected chi connectivity index (χ4v) is 1.27. The van der Waals surface area contributed by atoms with Crippen molar-refractivity contribution in [2.24, 2.45) is 7.05 Å². The third kappa shape index (κ3) is 3.71. The number of aryl methyl sites for hydroxylation is 1. The molecule has 0 radical (unpaired) electrons. The molecule has 1 atom stereocenters. The monoisotopic (exact) mass is 211 g/mol. The van der Waals surface area contributed by atoms with Crippen LogP contribution in [0, 0.1) is 0 Å². The number of carbonyl (C=O) groups excluding carboxylic acids is 1. The summed E-state index contributed by atoms with van der Waals surface area (Å²) in [4.78, 5) is 15.4. The molecule has 0 saturated carbocycles. The third-order valence-electron chi connectivity index (χ3n) is 2.13. The van der Waals surface area contributed by atoms with Gasteiger partial charge in [0, 0.05) is 13.6 Å². The molecule has 0 aliphatic rings. The number of hydrogen-bond donors (Lipinski definition) is 2. The average molecular weight is 211 g/mol. The number of amides is 1. The molecule has 0 bridgehead atoms. The first-order valence-corrected chi connectivity index (χ1v) is 5.04. The van der Waals surface area contributed by atoms with E-state index in [4.69, 9.17) is 5.11 Å². The number of aromatic nitrogens is 2. The van der Waals surface area contributed by atoms with Gasteiger partial charge in [-0.1, -0.05) is 0 Å². The lowest BCUT2D eigenvalue weighted by molar-refractivity contribution is 0.0941. The minimum absolute atomic E-state index is 0.124. The topological polar surface area (TPSA) is 67.2 Å². The fraction of sp³-hybridized carbons (Fsp3) is 0.600. The maximum atomic E-state index is 11.5. The van der Waals surface area contributed by atoms with Crippen molar-refractivity contribution >= 4 is 5.91 Å². The van der Waals surface area contributed by atoms with Crippen LogP contribution in [0.1, 0.15) is 30.3 Å². The summed E-state index contributed by atoms with van der Waals surface area (Å²) in [6.07, 6.45) is 4.29. The molecule has 1 heterocycles. The van der Waals surface area contributed by atoms with E-state index in [0.29, 0.717) is 18.7 Å². The number of aliphatic hydroxyl groups excluding tert-OH is 1. The first-order valence-electron chi connectivity index (χ1n) is 5.04. The number of nitrogens with one attached hydrogen (secondary N) is 1. The summed E-state index contributed by atoms with van der Waals surface area (Å²) in [5.74, 6) is -0.124. The highest BCUT2D eigenvalue weighted by atomic mass is 16.3. The highest BCUT2D eigenvalue weighted by Gasteiger charge is 2.08. The summed E-state index contributed by atoms with van der Waals surface area (Å²) in [5, 5.41) is 11.8. The van der Waals surface area contributed by atoms with Crippen LogP contribution in [0.4, 0.5) is 0 Å². The lowest BCUT2D eigenvalue weighted by Gasteiger charge is -2.06. The quantitative estimate of drug-likeness (QED) is 0.689. The molecule has 0 aliphatic carbocycles. The van der Waals surface area contributed by atoms with E-state index in [1.165, 1.54) is 6.20 Å². The summed E-state index contributed by atoms with van der Waals surface area (Å²) < 4.78 is 1.67. The first kappa shape index (κ1) is 11.7. The second kappa shape index (κ2) is 5.50. The Morgan fingerprint density at radius 3 is 3.00 bits per heavy atom. The van der Waals surface area contributed by atoms with Gasteiger partial charge in [0.15, 0.2) is 0 Å². The van der Waals surface area contributed by atoms with Crippen molar-refractivity contribution in [3.8, 4) is 0 Å². The summed E-state index contributed by atoms with van der Waals surface area (Å²) >= 11 is 0. The summed E-state index contributed by atoms with van der Waals surface area (Å²) in [7, 11) is 1.78. The number of rotatable bonds is 5. The van der Waals surface area contributed by atoms with Crippen LogP contribution in [0.3, 0.4) is 0 Å². The van der Waals surface area contributed by atoms with Crippen molar-refractivity contribution in [1.29, 1.82) is 0 Å². The Kier molecular flexibility index (Phi) is 4.30. The number of carbonyl (C=O) groups is 1. The van der Waals surface area contributed by atoms with Crippen LogP contribution in [0.15, 0.2) is 12.5 Å². The van der Waals surface area contributed by atoms with Gasteiger partial charge in [-0.3, -0.25) is 4.79 Å². The molecule has 0 spiro atoms. The highest BCUT2D eigenvalue weighted by Crippen LogP contribution is 1.97. The molecule has 0 aromatic carbocycles. The minimum atomic E-state index is -0.307. The molecule has 5 nitrogen and oxygen atoms in total. The smallest absolute Gasteiger partial charge is 0.269 e. The molecule has 1 unspecified atom stereocenters. The first-order chi connectivity index (χ1) is 7.11. The maximum absolute atomic E-state index is 11.5. The largest absolute Gasteiger partial charge is 0.393 e. The molecule has 0 aliphatic heterocycles. The van der Waals surface area contributed by atoms with E-state index < -0.39 is 0 Å². The molecule has 1 amide bonds. The Hall–Kier alpha value is -1.36. The van der Waals surface area contributed by atoms with Crippen molar-refractivity contribution in [3.63, 3.8) is 0 Å². The Labute approximate surface area is 89.1 Å². The molecule has 1 rings (SSSR count). The van der Waals surface area contributed by atoms with Gasteiger partial charge in [0.25, 0.3) is 5.91 Å². The number of hydrogen-bond acceptors (Lipinski definition) is 3. The zero-order valence-corrected chi connectivity index (χ0v) is 9.10. The van der Waals surface area contributed by atoms with Crippen molar-refractivity contribution in [2.45, 2.75) is 25.9 Å². The van der Waals surface area contributed by atoms with Crippen LogP contribution in [0.25, 0.3) is 0 Å². The van der Waals surface area contributed by atoms with E-state index in [-0.39, 0.29) is 12.0 Å². The maximum Gasteiger partial charge on any atom is 0.269 e. The van der Waals surface area contributed by atoms with Crippen LogP contribution in [-0.2, 0) is 7.05 Å². The number of nitrogens with zero attached hydrogens (tertiary/aromatic N) is 2. The van der Waals surface area contributed by atoms with Gasteiger partial charge in [-0.25, -0.2) is 4.98 Å². The van der Waals surface area contributed by atoms with Crippen molar-refractivity contribution in [1.82, 2.24) is 14.9 Å². The fourth-order valence-electron chi connectivity index (χ4n) is 1.27. The van der Waals surface area contributed by atoms with E-state index >= 15 is 0 Å². The Morgan fingerprint density at radius 1 is 1.73 bits per heavy atom. The van der Waals surface area contributed by atoms with Crippen molar-refractivity contribution < 1.29 is 9.90 Å². The Bertz CT molecular complexity index is 320. The second-order valence-corrected chi connectivity index (χ2v) is 3.64. The van der Waals surface area contributed by atoms with E-state index in [1.807, 2.05) is 0 Å². The summed E-state index contributed by atoms with van der Waals surface area (Å²) in [6.45, 7) is 2.32. The molecule has 1 aromatic heterocycles. The molecule has 5 heteroatoms. The zero-order valence-electron chi connectivity index (χ0n) is 9.10. The van der Waals surface area contributed by atoms with Gasteiger partial charge >= 0.3 is 0 Å². The number of imidazole rings is 1. The minimum Gasteiger partial charge on any atom is -0.393 e. The molecular weight excluding hydrogens is 194 g/mol. The molecular formula is C10H17N3O2. The van der Waals surface area contributed by atoms with Gasteiger partial charge in [0.2, 0.25) is 0 Å². The van der Waals surface area contributed by atoms with Gasteiger partial charge < -0.3 is 15.0 Å². The van der Waals surface area contributed by atoms with E-state index in [1.54, 1.807) is 24.9 Å².